The Morgan fingerprint density at radius 2 is 1.94 bits per heavy atom. The summed E-state index contributed by atoms with van der Waals surface area (Å²) < 4.78 is 0. The minimum atomic E-state index is -1.12. The van der Waals surface area contributed by atoms with Gasteiger partial charge in [-0.25, -0.2) is 15.1 Å². The first-order valence-electron chi connectivity index (χ1n) is 5.79. The number of nitrogens with one attached hydrogen (secondary N) is 2. The van der Waals surface area contributed by atoms with Crippen LogP contribution in [0.15, 0.2) is 0 Å². The molecule has 0 bridgehead atoms. The highest BCUT2D eigenvalue weighted by atomic mass is 16.7. The maximum Gasteiger partial charge on any atom is 0.338 e. The summed E-state index contributed by atoms with van der Waals surface area (Å²) >= 11 is 0. The highest BCUT2D eigenvalue weighted by Gasteiger charge is 2.27. The number of carboxylic acids is 1. The normalized spacial score (nSPS) is 19.6. The molecule has 0 saturated heterocycles. The predicted molar refractivity (Wildman–Crippen MR) is 61.3 cm³/mol. The molecule has 17 heavy (non-hydrogen) atoms. The first kappa shape index (κ1) is 13.8. The number of hydroxylamine groups is 1. The van der Waals surface area contributed by atoms with Gasteiger partial charge in [0.1, 0.15) is 0 Å². The van der Waals surface area contributed by atoms with Crippen molar-refractivity contribution in [2.24, 2.45) is 5.41 Å². The Kier molecular flexibility index (Phi) is 4.74. The fourth-order valence-electron chi connectivity index (χ4n) is 1.92. The minimum absolute atomic E-state index is 0.149. The predicted octanol–water partition coefficient (Wildman–Crippen LogP) is 1.27. The van der Waals surface area contributed by atoms with Crippen LogP contribution in [0.2, 0.25) is 0 Å². The van der Waals surface area contributed by atoms with Crippen LogP contribution in [0.5, 0.6) is 0 Å². The third kappa shape index (κ3) is 5.53. The topological polar surface area (TPSA) is 87.7 Å². The van der Waals surface area contributed by atoms with Crippen molar-refractivity contribution in [1.29, 1.82) is 0 Å². The molecule has 0 spiro atoms. The second kappa shape index (κ2) is 5.86. The number of amides is 2. The molecule has 0 atom stereocenters. The molecular weight excluding hydrogens is 224 g/mol. The van der Waals surface area contributed by atoms with E-state index < -0.39 is 18.6 Å². The van der Waals surface area contributed by atoms with Gasteiger partial charge in [-0.2, -0.15) is 0 Å². The highest BCUT2D eigenvalue weighted by molar-refractivity contribution is 5.73. The minimum Gasteiger partial charge on any atom is -0.479 e. The smallest absolute Gasteiger partial charge is 0.338 e. The first-order chi connectivity index (χ1) is 7.89. The van der Waals surface area contributed by atoms with Crippen LogP contribution in [0.25, 0.3) is 0 Å². The molecule has 0 heterocycles. The van der Waals surface area contributed by atoms with E-state index in [0.29, 0.717) is 5.41 Å². The van der Waals surface area contributed by atoms with Gasteiger partial charge in [-0.15, -0.1) is 0 Å². The molecule has 98 valence electrons. The Morgan fingerprint density at radius 3 is 2.47 bits per heavy atom. The Balaban J connectivity index is 2.17. The first-order valence-corrected chi connectivity index (χ1v) is 5.79. The zero-order valence-corrected chi connectivity index (χ0v) is 10.3. The molecule has 0 aromatic rings. The molecule has 0 unspecified atom stereocenters. The summed E-state index contributed by atoms with van der Waals surface area (Å²) in [6.45, 7) is 3.91. The molecule has 2 amide bonds. The van der Waals surface area contributed by atoms with Gasteiger partial charge in [-0.1, -0.05) is 13.8 Å². The average molecular weight is 244 g/mol. The number of urea groups is 1. The molecule has 1 fully saturated rings. The molecule has 1 aliphatic carbocycles. The van der Waals surface area contributed by atoms with Crippen LogP contribution in [-0.4, -0.2) is 29.8 Å². The van der Waals surface area contributed by atoms with Crippen molar-refractivity contribution in [3.05, 3.63) is 0 Å². The van der Waals surface area contributed by atoms with Gasteiger partial charge in [0.15, 0.2) is 6.61 Å². The van der Waals surface area contributed by atoms with E-state index in [1.807, 2.05) is 0 Å². The monoisotopic (exact) mass is 244 g/mol. The van der Waals surface area contributed by atoms with Crippen LogP contribution in [0, 0.1) is 5.41 Å². The molecular formula is C11H20N2O4. The van der Waals surface area contributed by atoms with Gasteiger partial charge in [-0.05, 0) is 31.1 Å². The zero-order chi connectivity index (χ0) is 12.9. The number of aliphatic carboxylic acids is 1. The van der Waals surface area contributed by atoms with Crippen molar-refractivity contribution in [3.8, 4) is 0 Å². The lowest BCUT2D eigenvalue weighted by atomic mass is 9.76. The maximum atomic E-state index is 11.3. The SMILES string of the molecule is CC1(C)CCC(NC(=O)NOCC(=O)O)CC1. The van der Waals surface area contributed by atoms with Crippen LogP contribution in [0.4, 0.5) is 4.79 Å². The van der Waals surface area contributed by atoms with Gasteiger partial charge in [0.05, 0.1) is 0 Å². The van der Waals surface area contributed by atoms with E-state index in [9.17, 15) is 9.59 Å². The van der Waals surface area contributed by atoms with Gasteiger partial charge < -0.3 is 10.4 Å². The molecule has 0 radical (unpaired) electrons. The lowest BCUT2D eigenvalue weighted by Gasteiger charge is -2.34. The molecule has 0 aromatic heterocycles. The summed E-state index contributed by atoms with van der Waals surface area (Å²) in [4.78, 5) is 25.9. The molecule has 6 nitrogen and oxygen atoms in total. The number of carbonyl (C=O) groups excluding carboxylic acids is 1. The molecule has 0 aliphatic heterocycles. The molecule has 1 aliphatic rings. The van der Waals surface area contributed by atoms with E-state index in [2.05, 4.69) is 29.5 Å². The van der Waals surface area contributed by atoms with Crippen molar-refractivity contribution in [1.82, 2.24) is 10.8 Å². The van der Waals surface area contributed by atoms with E-state index >= 15 is 0 Å². The summed E-state index contributed by atoms with van der Waals surface area (Å²) in [6, 6.07) is -0.326. The Bertz CT molecular complexity index is 281. The van der Waals surface area contributed by atoms with Gasteiger partial charge >= 0.3 is 12.0 Å². The summed E-state index contributed by atoms with van der Waals surface area (Å²) in [7, 11) is 0. The van der Waals surface area contributed by atoms with Crippen molar-refractivity contribution in [2.75, 3.05) is 6.61 Å². The Morgan fingerprint density at radius 1 is 1.35 bits per heavy atom. The molecule has 1 rings (SSSR count). The van der Waals surface area contributed by atoms with Crippen LogP contribution in [0.3, 0.4) is 0 Å². The van der Waals surface area contributed by atoms with E-state index in [-0.39, 0.29) is 6.04 Å². The number of hydrogen-bond acceptors (Lipinski definition) is 3. The lowest BCUT2D eigenvalue weighted by Crippen LogP contribution is -2.44. The second-order valence-electron chi connectivity index (χ2n) is 5.20. The van der Waals surface area contributed by atoms with Gasteiger partial charge in [-0.3, -0.25) is 4.84 Å². The fraction of sp³-hybridized carbons (Fsp3) is 0.818. The lowest BCUT2D eigenvalue weighted by molar-refractivity contribution is -0.144. The van der Waals surface area contributed by atoms with Crippen molar-refractivity contribution in [3.63, 3.8) is 0 Å². The zero-order valence-electron chi connectivity index (χ0n) is 10.3. The molecule has 0 aromatic carbocycles. The van der Waals surface area contributed by atoms with Crippen molar-refractivity contribution < 1.29 is 19.5 Å². The summed E-state index contributed by atoms with van der Waals surface area (Å²) in [5.41, 5.74) is 2.41. The van der Waals surface area contributed by atoms with E-state index in [0.717, 1.165) is 25.7 Å². The quantitative estimate of drug-likeness (QED) is 0.650. The standard InChI is InChI=1S/C11H20N2O4/c1-11(2)5-3-8(4-6-11)12-10(16)13-17-7-9(14)15/h8H,3-7H2,1-2H3,(H,14,15)(H2,12,13,16). The third-order valence-corrected chi connectivity index (χ3v) is 3.03. The molecule has 3 N–H and O–H groups in total. The van der Waals surface area contributed by atoms with Gasteiger partial charge in [0.2, 0.25) is 0 Å². The third-order valence-electron chi connectivity index (χ3n) is 3.03. The second-order valence-corrected chi connectivity index (χ2v) is 5.20. The van der Waals surface area contributed by atoms with E-state index in [1.54, 1.807) is 0 Å². The Hall–Kier alpha value is -1.30. The molecule has 1 saturated carbocycles. The van der Waals surface area contributed by atoms with Crippen molar-refractivity contribution >= 4 is 12.0 Å². The summed E-state index contributed by atoms with van der Waals surface area (Å²) in [6.07, 6.45) is 4.04. The van der Waals surface area contributed by atoms with Crippen LogP contribution < -0.4 is 10.8 Å². The van der Waals surface area contributed by atoms with Crippen molar-refractivity contribution in [2.45, 2.75) is 45.6 Å². The molecule has 6 heteroatoms. The van der Waals surface area contributed by atoms with E-state index in [4.69, 9.17) is 5.11 Å². The fourth-order valence-corrected chi connectivity index (χ4v) is 1.92. The maximum absolute atomic E-state index is 11.3. The number of hydrogen-bond donors (Lipinski definition) is 3. The Labute approximate surface area is 101 Å². The number of carboxylic acid groups (broad SMARTS) is 1. The summed E-state index contributed by atoms with van der Waals surface area (Å²) in [5.74, 6) is -1.12. The highest BCUT2D eigenvalue weighted by Crippen LogP contribution is 2.34. The summed E-state index contributed by atoms with van der Waals surface area (Å²) in [5, 5.41) is 11.1. The van der Waals surface area contributed by atoms with Gasteiger partial charge in [0, 0.05) is 6.04 Å². The average Bonchev–Trinajstić information content (AvgIpc) is 2.21. The van der Waals surface area contributed by atoms with E-state index in [1.165, 1.54) is 0 Å². The van der Waals surface area contributed by atoms with Crippen LogP contribution in [0.1, 0.15) is 39.5 Å². The van der Waals surface area contributed by atoms with Crippen LogP contribution >= 0.6 is 0 Å². The number of rotatable bonds is 4. The van der Waals surface area contributed by atoms with Crippen LogP contribution in [-0.2, 0) is 9.63 Å². The largest absolute Gasteiger partial charge is 0.479 e. The number of carbonyl (C=O) groups is 2. The van der Waals surface area contributed by atoms with Gasteiger partial charge in [0.25, 0.3) is 0 Å².